The summed E-state index contributed by atoms with van der Waals surface area (Å²) in [6.45, 7) is 15.4. The first-order valence-electron chi connectivity index (χ1n) is 11.9. The Kier molecular flexibility index (Phi) is 7.15. The first-order valence-corrected chi connectivity index (χ1v) is 14.6. The van der Waals surface area contributed by atoms with Crippen molar-refractivity contribution in [3.05, 3.63) is 53.6 Å². The SMILES string of the molecule is CC(C)(C)C(=O)[O][Ti]([O]C(=O)C(C)(C)C)([O]C(=O)C(C)(C)C)[c]1cccc2c1Cc1ccccc1-2. The Labute approximate surface area is 213 Å². The topological polar surface area (TPSA) is 78.9 Å². The van der Waals surface area contributed by atoms with Crippen molar-refractivity contribution in [3.8, 4) is 11.1 Å². The molecule has 3 rings (SSSR count). The summed E-state index contributed by atoms with van der Waals surface area (Å²) in [5.41, 5.74) is 1.28. The number of carbonyl (C=O) groups is 3. The van der Waals surface area contributed by atoms with Crippen molar-refractivity contribution in [2.45, 2.75) is 68.7 Å². The zero-order chi connectivity index (χ0) is 26.4. The van der Waals surface area contributed by atoms with Gasteiger partial charge in [-0.3, -0.25) is 0 Å². The van der Waals surface area contributed by atoms with Gasteiger partial charge in [-0.25, -0.2) is 0 Å². The Morgan fingerprint density at radius 3 is 1.51 bits per heavy atom. The van der Waals surface area contributed by atoms with Crippen molar-refractivity contribution in [1.82, 2.24) is 0 Å². The Balaban J connectivity index is 2.28. The van der Waals surface area contributed by atoms with Crippen LogP contribution in [0.1, 0.15) is 73.4 Å². The predicted molar refractivity (Wildman–Crippen MR) is 131 cm³/mol. The van der Waals surface area contributed by atoms with E-state index in [0.29, 0.717) is 10.3 Å². The van der Waals surface area contributed by atoms with Gasteiger partial charge in [-0.2, -0.15) is 0 Å². The van der Waals surface area contributed by atoms with Gasteiger partial charge < -0.3 is 0 Å². The summed E-state index contributed by atoms with van der Waals surface area (Å²) in [6, 6.07) is 13.6. The summed E-state index contributed by atoms with van der Waals surface area (Å²) in [6.07, 6.45) is 0.557. The zero-order valence-corrected chi connectivity index (χ0v) is 23.8. The van der Waals surface area contributed by atoms with Gasteiger partial charge in [-0.15, -0.1) is 0 Å². The van der Waals surface area contributed by atoms with Crippen LogP contribution in [-0.2, 0) is 48.5 Å². The van der Waals surface area contributed by atoms with Crippen LogP contribution >= 0.6 is 0 Å². The van der Waals surface area contributed by atoms with Crippen LogP contribution in [-0.4, -0.2) is 17.9 Å². The average Bonchev–Trinajstić information content (AvgIpc) is 3.10. The zero-order valence-electron chi connectivity index (χ0n) is 22.2. The van der Waals surface area contributed by atoms with Crippen molar-refractivity contribution in [1.29, 1.82) is 0 Å². The molecule has 0 saturated heterocycles. The molecular formula is C28H36O6Ti. The van der Waals surface area contributed by atoms with Gasteiger partial charge in [0.2, 0.25) is 0 Å². The van der Waals surface area contributed by atoms with Crippen molar-refractivity contribution < 1.29 is 42.1 Å². The fourth-order valence-corrected chi connectivity index (χ4v) is 8.18. The Bertz CT molecular complexity index is 1090. The third-order valence-corrected chi connectivity index (χ3v) is 9.59. The third-order valence-electron chi connectivity index (χ3n) is 5.70. The predicted octanol–water partition coefficient (Wildman–Crippen LogP) is 5.55. The molecule has 1 aliphatic carbocycles. The summed E-state index contributed by atoms with van der Waals surface area (Å²) in [7, 11) is 0. The van der Waals surface area contributed by atoms with Gasteiger partial charge in [0.15, 0.2) is 0 Å². The van der Waals surface area contributed by atoms with E-state index in [4.69, 9.17) is 9.96 Å². The average molecular weight is 516 g/mol. The van der Waals surface area contributed by atoms with Gasteiger partial charge in [0.05, 0.1) is 0 Å². The molecule has 0 fully saturated rings. The molecule has 0 heterocycles. The van der Waals surface area contributed by atoms with Crippen molar-refractivity contribution in [2.24, 2.45) is 16.2 Å². The molecule has 0 aliphatic heterocycles. The number of fused-ring (bicyclic) bond motifs is 3. The van der Waals surface area contributed by atoms with Gasteiger partial charge in [0.1, 0.15) is 0 Å². The van der Waals surface area contributed by atoms with Gasteiger partial charge in [-0.1, -0.05) is 0 Å². The molecule has 0 unspecified atom stereocenters. The van der Waals surface area contributed by atoms with Crippen LogP contribution in [0.4, 0.5) is 0 Å². The fourth-order valence-electron chi connectivity index (χ4n) is 3.50. The second kappa shape index (κ2) is 9.22. The minimum absolute atomic E-state index is 0.506. The van der Waals surface area contributed by atoms with Crippen molar-refractivity contribution in [3.63, 3.8) is 0 Å². The van der Waals surface area contributed by atoms with E-state index in [1.165, 1.54) is 0 Å². The summed E-state index contributed by atoms with van der Waals surface area (Å²) in [5, 5.41) is 0. The Morgan fingerprint density at radius 2 is 1.06 bits per heavy atom. The minimum atomic E-state index is -5.15. The standard InChI is InChI=1S/C13H9.3C5H10O2.Ti/c1-3-7-12-10(5-1)9-11-6-2-4-8-13(11)12;3*1-5(2,3)4(6)7;/h1-5,7-8H,9H2;3*1-3H3,(H,6,7);/q;;;;+3/p-3. The van der Waals surface area contributed by atoms with Crippen LogP contribution in [0.2, 0.25) is 0 Å². The van der Waals surface area contributed by atoms with E-state index >= 15 is 0 Å². The van der Waals surface area contributed by atoms with E-state index in [9.17, 15) is 14.4 Å². The third kappa shape index (κ3) is 5.70. The molecule has 2 aromatic rings. The van der Waals surface area contributed by atoms with Gasteiger partial charge in [-0.05, 0) is 0 Å². The molecule has 0 N–H and O–H groups in total. The number of rotatable bonds is 4. The van der Waals surface area contributed by atoms with Crippen LogP contribution < -0.4 is 3.87 Å². The first kappa shape index (κ1) is 27.2. The van der Waals surface area contributed by atoms with E-state index < -0.39 is 51.9 Å². The molecule has 0 spiro atoms. The molecule has 0 atom stereocenters. The van der Waals surface area contributed by atoms with Crippen LogP contribution in [0.25, 0.3) is 11.1 Å². The summed E-state index contributed by atoms with van der Waals surface area (Å²) in [5.74, 6) is -1.77. The van der Waals surface area contributed by atoms with Crippen molar-refractivity contribution >= 4 is 21.8 Å². The summed E-state index contributed by atoms with van der Waals surface area (Å²) in [4.78, 5) is 39.8. The van der Waals surface area contributed by atoms with E-state index in [2.05, 4.69) is 0 Å². The number of hydrogen-bond acceptors (Lipinski definition) is 6. The fraction of sp³-hybridized carbons (Fsp3) is 0.464. The molecule has 7 heteroatoms. The maximum absolute atomic E-state index is 13.3. The van der Waals surface area contributed by atoms with E-state index in [1.807, 2.05) is 36.4 Å². The maximum atomic E-state index is 13.3. The first-order chi connectivity index (χ1) is 16.0. The number of benzene rings is 2. The molecule has 2 aromatic carbocycles. The van der Waals surface area contributed by atoms with Crippen LogP contribution in [0.3, 0.4) is 0 Å². The van der Waals surface area contributed by atoms with E-state index in [1.54, 1.807) is 68.4 Å². The Hall–Kier alpha value is -2.44. The molecule has 188 valence electrons. The number of hydrogen-bond donors (Lipinski definition) is 0. The molecule has 0 amide bonds. The van der Waals surface area contributed by atoms with Gasteiger partial charge >= 0.3 is 214 Å². The summed E-state index contributed by atoms with van der Waals surface area (Å²) < 4.78 is 18.8. The van der Waals surface area contributed by atoms with E-state index in [0.717, 1.165) is 22.3 Å². The normalized spacial score (nSPS) is 13.5. The molecule has 0 radical (unpaired) electrons. The van der Waals surface area contributed by atoms with E-state index in [-0.39, 0.29) is 0 Å². The van der Waals surface area contributed by atoms with Gasteiger partial charge in [0.25, 0.3) is 0 Å². The van der Waals surface area contributed by atoms with Crippen molar-refractivity contribution in [2.75, 3.05) is 0 Å². The van der Waals surface area contributed by atoms with Crippen LogP contribution in [0, 0.1) is 16.2 Å². The molecule has 35 heavy (non-hydrogen) atoms. The Morgan fingerprint density at radius 1 is 0.629 bits per heavy atom. The molecule has 6 nitrogen and oxygen atoms in total. The second-order valence-corrected chi connectivity index (χ2v) is 15.7. The molecule has 0 aromatic heterocycles. The molecule has 1 aliphatic rings. The second-order valence-electron chi connectivity index (χ2n) is 12.1. The number of carbonyl (C=O) groups excluding carboxylic acids is 3. The van der Waals surface area contributed by atoms with Gasteiger partial charge in [0, 0.05) is 0 Å². The van der Waals surface area contributed by atoms with Crippen LogP contribution in [0.15, 0.2) is 42.5 Å². The summed E-state index contributed by atoms with van der Waals surface area (Å²) >= 11 is -5.15. The molecule has 0 saturated carbocycles. The quantitative estimate of drug-likeness (QED) is 0.423. The molecule has 0 bridgehead atoms. The molecular weight excluding hydrogens is 480 g/mol. The monoisotopic (exact) mass is 516 g/mol. The van der Waals surface area contributed by atoms with Crippen LogP contribution in [0.5, 0.6) is 0 Å².